The maximum Gasteiger partial charge on any atom is 0.278 e. The second kappa shape index (κ2) is 6.54. The highest BCUT2D eigenvalue weighted by molar-refractivity contribution is 5.99. The minimum atomic E-state index is -0.379. The highest BCUT2D eigenvalue weighted by Gasteiger charge is 2.16. The Kier molecular flexibility index (Phi) is 4.29. The highest BCUT2D eigenvalue weighted by atomic mass is 16.6. The third-order valence-electron chi connectivity index (χ3n) is 3.93. The van der Waals surface area contributed by atoms with Crippen LogP contribution in [0.5, 0.6) is 5.75 Å². The van der Waals surface area contributed by atoms with Gasteiger partial charge in [0.25, 0.3) is 5.69 Å². The minimum Gasteiger partial charge on any atom is -0.497 e. The van der Waals surface area contributed by atoms with Crippen molar-refractivity contribution in [3.8, 4) is 5.75 Å². The molecule has 0 saturated carbocycles. The first kappa shape index (κ1) is 15.7. The van der Waals surface area contributed by atoms with Crippen LogP contribution in [-0.4, -0.2) is 24.1 Å². The van der Waals surface area contributed by atoms with Gasteiger partial charge < -0.3 is 9.64 Å². The molecule has 0 atom stereocenters. The molecule has 3 rings (SSSR count). The molecule has 2 aromatic carbocycles. The van der Waals surface area contributed by atoms with Gasteiger partial charge in [0.2, 0.25) is 0 Å². The van der Waals surface area contributed by atoms with E-state index >= 15 is 0 Å². The molecule has 0 fully saturated rings. The van der Waals surface area contributed by atoms with Crippen LogP contribution in [0.3, 0.4) is 0 Å². The maximum atomic E-state index is 11.2. The van der Waals surface area contributed by atoms with Gasteiger partial charge in [-0.2, -0.15) is 0 Å². The van der Waals surface area contributed by atoms with E-state index < -0.39 is 0 Å². The summed E-state index contributed by atoms with van der Waals surface area (Å²) in [6.07, 6.45) is 3.19. The number of ether oxygens (including phenoxy) is 1. The Labute approximate surface area is 139 Å². The van der Waals surface area contributed by atoms with Crippen LogP contribution in [0.15, 0.2) is 54.9 Å². The van der Waals surface area contributed by atoms with Gasteiger partial charge >= 0.3 is 0 Å². The summed E-state index contributed by atoms with van der Waals surface area (Å²) in [6.45, 7) is 0.659. The van der Waals surface area contributed by atoms with E-state index in [-0.39, 0.29) is 10.6 Å². The predicted octanol–water partition coefficient (Wildman–Crippen LogP) is 3.79. The largest absolute Gasteiger partial charge is 0.497 e. The molecule has 0 aliphatic rings. The van der Waals surface area contributed by atoms with Crippen molar-refractivity contribution < 1.29 is 9.66 Å². The quantitative estimate of drug-likeness (QED) is 0.528. The standard InChI is InChI=1S/C18H17N3O3/c1-20(12-13-4-3-5-14(10-13)24-2)17-6-7-18(21(22)23)16-11-19-9-8-15(16)17/h3-11H,12H2,1-2H3. The number of non-ortho nitro benzene ring substituents is 1. The zero-order valence-corrected chi connectivity index (χ0v) is 13.5. The van der Waals surface area contributed by atoms with Crippen LogP contribution in [-0.2, 0) is 6.54 Å². The number of fused-ring (bicyclic) bond motifs is 1. The number of nitrogens with zero attached hydrogens (tertiary/aromatic N) is 3. The van der Waals surface area contributed by atoms with Gasteiger partial charge in [0.1, 0.15) is 5.75 Å². The fourth-order valence-electron chi connectivity index (χ4n) is 2.78. The van der Waals surface area contributed by atoms with E-state index in [1.165, 1.54) is 12.3 Å². The molecule has 0 aliphatic carbocycles. The minimum absolute atomic E-state index is 0.0663. The SMILES string of the molecule is COc1cccc(CN(C)c2ccc([N+](=O)[O-])c3cnccc23)c1. The van der Waals surface area contributed by atoms with Crippen molar-refractivity contribution >= 4 is 22.1 Å². The molecule has 122 valence electrons. The number of nitro groups is 1. The maximum absolute atomic E-state index is 11.2. The lowest BCUT2D eigenvalue weighted by Gasteiger charge is -2.21. The first-order chi connectivity index (χ1) is 11.6. The summed E-state index contributed by atoms with van der Waals surface area (Å²) in [5, 5.41) is 12.6. The van der Waals surface area contributed by atoms with Crippen LogP contribution < -0.4 is 9.64 Å². The summed E-state index contributed by atoms with van der Waals surface area (Å²) < 4.78 is 5.25. The second-order valence-electron chi connectivity index (χ2n) is 5.49. The van der Waals surface area contributed by atoms with Crippen molar-refractivity contribution in [2.75, 3.05) is 19.1 Å². The van der Waals surface area contributed by atoms with Crippen molar-refractivity contribution in [1.29, 1.82) is 0 Å². The molecule has 0 unspecified atom stereocenters. The fourth-order valence-corrected chi connectivity index (χ4v) is 2.78. The Hall–Kier alpha value is -3.15. The number of rotatable bonds is 5. The summed E-state index contributed by atoms with van der Waals surface area (Å²) in [5.74, 6) is 0.804. The molecule has 1 aromatic heterocycles. The molecule has 0 saturated heterocycles. The van der Waals surface area contributed by atoms with Crippen molar-refractivity contribution in [1.82, 2.24) is 4.98 Å². The number of anilines is 1. The van der Waals surface area contributed by atoms with E-state index in [1.54, 1.807) is 25.4 Å². The molecule has 0 spiro atoms. The van der Waals surface area contributed by atoms with Crippen molar-refractivity contribution in [2.24, 2.45) is 0 Å². The van der Waals surface area contributed by atoms with Gasteiger partial charge in [-0.15, -0.1) is 0 Å². The number of aromatic nitrogens is 1. The van der Waals surface area contributed by atoms with Gasteiger partial charge in [0.15, 0.2) is 0 Å². The van der Waals surface area contributed by atoms with Gasteiger partial charge in [-0.3, -0.25) is 15.1 Å². The Morgan fingerprint density at radius 2 is 2.04 bits per heavy atom. The third-order valence-corrected chi connectivity index (χ3v) is 3.93. The summed E-state index contributed by atoms with van der Waals surface area (Å²) in [4.78, 5) is 16.9. The lowest BCUT2D eigenvalue weighted by molar-refractivity contribution is -0.383. The van der Waals surface area contributed by atoms with Gasteiger partial charge in [0.05, 0.1) is 17.4 Å². The van der Waals surface area contributed by atoms with Crippen molar-refractivity contribution in [2.45, 2.75) is 6.54 Å². The van der Waals surface area contributed by atoms with Gasteiger partial charge in [-0.05, 0) is 29.8 Å². The molecule has 0 radical (unpaired) electrons. The van der Waals surface area contributed by atoms with Gasteiger partial charge in [-0.1, -0.05) is 12.1 Å². The number of benzene rings is 2. The summed E-state index contributed by atoms with van der Waals surface area (Å²) in [5.41, 5.74) is 2.08. The van der Waals surface area contributed by atoms with E-state index in [0.717, 1.165) is 22.4 Å². The van der Waals surface area contributed by atoms with Gasteiger partial charge in [-0.25, -0.2) is 0 Å². The lowest BCUT2D eigenvalue weighted by atomic mass is 10.1. The molecule has 0 amide bonds. The average Bonchev–Trinajstić information content (AvgIpc) is 2.60. The monoisotopic (exact) mass is 323 g/mol. The second-order valence-corrected chi connectivity index (χ2v) is 5.49. The highest BCUT2D eigenvalue weighted by Crippen LogP contribution is 2.33. The van der Waals surface area contributed by atoms with Crippen LogP contribution >= 0.6 is 0 Å². The number of hydrogen-bond donors (Lipinski definition) is 0. The third kappa shape index (κ3) is 2.99. The molecule has 0 N–H and O–H groups in total. The summed E-state index contributed by atoms with van der Waals surface area (Å²) in [7, 11) is 3.60. The Bertz CT molecular complexity index is 896. The molecular weight excluding hydrogens is 306 g/mol. The van der Waals surface area contributed by atoms with E-state index in [0.29, 0.717) is 11.9 Å². The smallest absolute Gasteiger partial charge is 0.278 e. The number of nitro benzene ring substituents is 1. The average molecular weight is 323 g/mol. The fraction of sp³-hybridized carbons (Fsp3) is 0.167. The molecule has 3 aromatic rings. The molecule has 0 aliphatic heterocycles. The Balaban J connectivity index is 1.99. The number of hydrogen-bond acceptors (Lipinski definition) is 5. The molecule has 1 heterocycles. The summed E-state index contributed by atoms with van der Waals surface area (Å²) >= 11 is 0. The molecule has 6 heteroatoms. The molecule has 24 heavy (non-hydrogen) atoms. The Morgan fingerprint density at radius 3 is 2.79 bits per heavy atom. The van der Waals surface area contributed by atoms with Crippen LogP contribution in [0.25, 0.3) is 10.8 Å². The van der Waals surface area contributed by atoms with Crippen LogP contribution in [0.1, 0.15) is 5.56 Å². The lowest BCUT2D eigenvalue weighted by Crippen LogP contribution is -2.16. The zero-order valence-electron chi connectivity index (χ0n) is 13.5. The number of methoxy groups -OCH3 is 1. The molecular formula is C18H17N3O3. The molecule has 0 bridgehead atoms. The van der Waals surface area contributed by atoms with Crippen LogP contribution in [0.2, 0.25) is 0 Å². The normalized spacial score (nSPS) is 10.6. The summed E-state index contributed by atoms with van der Waals surface area (Å²) in [6, 6.07) is 13.0. The Morgan fingerprint density at radius 1 is 1.21 bits per heavy atom. The topological polar surface area (TPSA) is 68.5 Å². The van der Waals surface area contributed by atoms with E-state index in [4.69, 9.17) is 4.74 Å². The first-order valence-corrected chi connectivity index (χ1v) is 7.45. The predicted molar refractivity (Wildman–Crippen MR) is 93.5 cm³/mol. The zero-order chi connectivity index (χ0) is 17.1. The van der Waals surface area contributed by atoms with Crippen molar-refractivity contribution in [3.05, 3.63) is 70.5 Å². The number of pyridine rings is 1. The van der Waals surface area contributed by atoms with E-state index in [1.807, 2.05) is 31.3 Å². The van der Waals surface area contributed by atoms with Crippen LogP contribution in [0.4, 0.5) is 11.4 Å². The van der Waals surface area contributed by atoms with E-state index in [9.17, 15) is 10.1 Å². The van der Waals surface area contributed by atoms with Crippen molar-refractivity contribution in [3.63, 3.8) is 0 Å². The first-order valence-electron chi connectivity index (χ1n) is 7.45. The van der Waals surface area contributed by atoms with Crippen LogP contribution in [0, 0.1) is 10.1 Å². The molecule has 6 nitrogen and oxygen atoms in total. The van der Waals surface area contributed by atoms with E-state index in [2.05, 4.69) is 9.88 Å². The van der Waals surface area contributed by atoms with Gasteiger partial charge in [0, 0.05) is 43.1 Å².